The highest BCUT2D eigenvalue weighted by molar-refractivity contribution is 8.01. The zero-order valence-electron chi connectivity index (χ0n) is 14.7. The average Bonchev–Trinajstić information content (AvgIpc) is 3.35. The molecule has 0 saturated carbocycles. The van der Waals surface area contributed by atoms with Crippen molar-refractivity contribution in [3.05, 3.63) is 64.6 Å². The highest BCUT2D eigenvalue weighted by atomic mass is 35.5. The standard InChI is InChI=1S/C19H13ClN4O2S3/c20-12-3-1-2-11(8-12)17(26)22-13-4-5-14-15(9-13)29-19(23-14)28-10-16(25)24-18-21-6-7-27-18/h1-9H,10H2,(H,22,26)(H,21,24,25). The van der Waals surface area contributed by atoms with E-state index in [0.29, 0.717) is 21.4 Å². The molecule has 0 aliphatic rings. The second-order valence-corrected chi connectivity index (χ2v) is 9.38. The molecule has 0 unspecified atom stereocenters. The number of thioether (sulfide) groups is 1. The topological polar surface area (TPSA) is 84.0 Å². The molecule has 29 heavy (non-hydrogen) atoms. The van der Waals surface area contributed by atoms with Gasteiger partial charge in [0.15, 0.2) is 9.47 Å². The third kappa shape index (κ3) is 5.13. The normalized spacial score (nSPS) is 10.8. The van der Waals surface area contributed by atoms with Crippen molar-refractivity contribution in [2.75, 3.05) is 16.4 Å². The van der Waals surface area contributed by atoms with Gasteiger partial charge in [0.2, 0.25) is 5.91 Å². The minimum atomic E-state index is -0.232. The van der Waals surface area contributed by atoms with Gasteiger partial charge in [0, 0.05) is 27.9 Å². The number of nitrogens with one attached hydrogen (secondary N) is 2. The van der Waals surface area contributed by atoms with E-state index in [4.69, 9.17) is 11.6 Å². The largest absolute Gasteiger partial charge is 0.322 e. The number of benzene rings is 2. The highest BCUT2D eigenvalue weighted by Crippen LogP contribution is 2.31. The number of hydrogen-bond acceptors (Lipinski definition) is 7. The van der Waals surface area contributed by atoms with Crippen molar-refractivity contribution in [3.8, 4) is 0 Å². The summed E-state index contributed by atoms with van der Waals surface area (Å²) < 4.78 is 1.71. The summed E-state index contributed by atoms with van der Waals surface area (Å²) in [5.41, 5.74) is 1.98. The van der Waals surface area contributed by atoms with E-state index >= 15 is 0 Å². The molecule has 0 spiro atoms. The fourth-order valence-corrected chi connectivity index (χ4v) is 5.09. The number of carbonyl (C=O) groups is 2. The van der Waals surface area contributed by atoms with Gasteiger partial charge in [0.25, 0.3) is 5.91 Å². The maximum Gasteiger partial charge on any atom is 0.255 e. The lowest BCUT2D eigenvalue weighted by Crippen LogP contribution is -2.13. The van der Waals surface area contributed by atoms with Gasteiger partial charge in [0.05, 0.1) is 16.0 Å². The third-order valence-corrected chi connectivity index (χ3v) is 6.80. The van der Waals surface area contributed by atoms with Crippen molar-refractivity contribution in [2.24, 2.45) is 0 Å². The molecule has 0 fully saturated rings. The molecule has 0 saturated heterocycles. The number of thiazole rings is 2. The fraction of sp³-hybridized carbons (Fsp3) is 0.0526. The number of amides is 2. The van der Waals surface area contributed by atoms with Gasteiger partial charge in [-0.05, 0) is 36.4 Å². The number of rotatable bonds is 6. The Bertz CT molecular complexity index is 1180. The SMILES string of the molecule is O=C(CSc1nc2ccc(NC(=O)c3cccc(Cl)c3)cc2s1)Nc1nccs1. The molecule has 0 bridgehead atoms. The minimum absolute atomic E-state index is 0.126. The van der Waals surface area contributed by atoms with Gasteiger partial charge in [-0.3, -0.25) is 9.59 Å². The molecule has 0 atom stereocenters. The predicted molar refractivity (Wildman–Crippen MR) is 120 cm³/mol. The fourth-order valence-electron chi connectivity index (χ4n) is 2.44. The van der Waals surface area contributed by atoms with Crippen LogP contribution in [0.25, 0.3) is 10.2 Å². The number of carbonyl (C=O) groups excluding carboxylic acids is 2. The minimum Gasteiger partial charge on any atom is -0.322 e. The van der Waals surface area contributed by atoms with Gasteiger partial charge in [0.1, 0.15) is 0 Å². The smallest absolute Gasteiger partial charge is 0.255 e. The average molecular weight is 461 g/mol. The summed E-state index contributed by atoms with van der Waals surface area (Å²) in [6.07, 6.45) is 1.64. The lowest BCUT2D eigenvalue weighted by atomic mass is 10.2. The molecule has 0 aliphatic carbocycles. The quantitative estimate of drug-likeness (QED) is 0.377. The van der Waals surface area contributed by atoms with Crippen LogP contribution in [0.3, 0.4) is 0 Å². The van der Waals surface area contributed by atoms with Crippen LogP contribution in [0.15, 0.2) is 58.4 Å². The summed E-state index contributed by atoms with van der Waals surface area (Å²) in [5.74, 6) is -0.110. The first-order valence-corrected chi connectivity index (χ1v) is 11.4. The van der Waals surface area contributed by atoms with E-state index < -0.39 is 0 Å². The zero-order chi connectivity index (χ0) is 20.2. The Hall–Kier alpha value is -2.46. The first-order chi connectivity index (χ1) is 14.1. The molecule has 2 amide bonds. The number of anilines is 2. The van der Waals surface area contributed by atoms with Crippen LogP contribution in [0, 0.1) is 0 Å². The second kappa shape index (κ2) is 8.91. The van der Waals surface area contributed by atoms with E-state index in [1.54, 1.807) is 41.9 Å². The van der Waals surface area contributed by atoms with Gasteiger partial charge in [-0.15, -0.1) is 22.7 Å². The van der Waals surface area contributed by atoms with Crippen molar-refractivity contribution in [3.63, 3.8) is 0 Å². The van der Waals surface area contributed by atoms with Crippen molar-refractivity contribution in [2.45, 2.75) is 4.34 Å². The Kier molecular flexibility index (Phi) is 6.10. The Morgan fingerprint density at radius 2 is 2.03 bits per heavy atom. The molecule has 10 heteroatoms. The van der Waals surface area contributed by atoms with Crippen LogP contribution in [0.4, 0.5) is 10.8 Å². The van der Waals surface area contributed by atoms with Crippen LogP contribution in [-0.4, -0.2) is 27.5 Å². The van der Waals surface area contributed by atoms with Gasteiger partial charge < -0.3 is 10.6 Å². The summed E-state index contributed by atoms with van der Waals surface area (Å²) in [5, 5.41) is 8.51. The van der Waals surface area contributed by atoms with E-state index in [9.17, 15) is 9.59 Å². The Balaban J connectivity index is 1.40. The molecule has 0 radical (unpaired) electrons. The zero-order valence-corrected chi connectivity index (χ0v) is 17.9. The lowest BCUT2D eigenvalue weighted by Gasteiger charge is -2.05. The van der Waals surface area contributed by atoms with Crippen LogP contribution < -0.4 is 10.6 Å². The molecule has 2 N–H and O–H groups in total. The van der Waals surface area contributed by atoms with E-state index in [2.05, 4.69) is 20.6 Å². The molecule has 4 rings (SSSR count). The summed E-state index contributed by atoms with van der Waals surface area (Å²) in [6.45, 7) is 0. The van der Waals surface area contributed by atoms with Crippen molar-refractivity contribution >= 4 is 78.9 Å². The van der Waals surface area contributed by atoms with Crippen LogP contribution in [0.5, 0.6) is 0 Å². The highest BCUT2D eigenvalue weighted by Gasteiger charge is 2.11. The first kappa shape index (κ1) is 19.8. The molecule has 0 aliphatic heterocycles. The number of aromatic nitrogens is 2. The summed E-state index contributed by atoms with van der Waals surface area (Å²) in [6, 6.07) is 12.3. The Morgan fingerprint density at radius 1 is 1.14 bits per heavy atom. The molecular weight excluding hydrogens is 448 g/mol. The predicted octanol–water partition coefficient (Wildman–Crippen LogP) is 5.39. The molecule has 146 valence electrons. The van der Waals surface area contributed by atoms with E-state index in [0.717, 1.165) is 14.6 Å². The first-order valence-electron chi connectivity index (χ1n) is 8.36. The van der Waals surface area contributed by atoms with Crippen molar-refractivity contribution in [1.82, 2.24) is 9.97 Å². The van der Waals surface area contributed by atoms with Crippen LogP contribution >= 0.6 is 46.0 Å². The lowest BCUT2D eigenvalue weighted by molar-refractivity contribution is -0.113. The van der Waals surface area contributed by atoms with Crippen molar-refractivity contribution in [1.29, 1.82) is 0 Å². The third-order valence-electron chi connectivity index (χ3n) is 3.72. The van der Waals surface area contributed by atoms with Gasteiger partial charge in [-0.25, -0.2) is 9.97 Å². The Morgan fingerprint density at radius 3 is 2.83 bits per heavy atom. The maximum absolute atomic E-state index is 12.4. The molecule has 2 aromatic carbocycles. The van der Waals surface area contributed by atoms with Crippen LogP contribution in [0.1, 0.15) is 10.4 Å². The molecule has 2 heterocycles. The van der Waals surface area contributed by atoms with Crippen LogP contribution in [0.2, 0.25) is 5.02 Å². The molecular formula is C19H13ClN4O2S3. The summed E-state index contributed by atoms with van der Waals surface area (Å²) in [4.78, 5) is 32.9. The summed E-state index contributed by atoms with van der Waals surface area (Å²) in [7, 11) is 0. The van der Waals surface area contributed by atoms with Crippen molar-refractivity contribution < 1.29 is 9.59 Å². The molecule has 6 nitrogen and oxygen atoms in total. The van der Waals surface area contributed by atoms with Gasteiger partial charge >= 0.3 is 0 Å². The number of fused-ring (bicyclic) bond motifs is 1. The van der Waals surface area contributed by atoms with Gasteiger partial charge in [-0.2, -0.15) is 0 Å². The number of halogens is 1. The Labute approximate surface area is 183 Å². The molecule has 4 aromatic rings. The maximum atomic E-state index is 12.4. The number of hydrogen-bond donors (Lipinski definition) is 2. The molecule has 2 aromatic heterocycles. The number of nitrogens with zero attached hydrogens (tertiary/aromatic N) is 2. The monoisotopic (exact) mass is 460 g/mol. The second-order valence-electron chi connectivity index (χ2n) is 5.80. The summed E-state index contributed by atoms with van der Waals surface area (Å²) >= 11 is 10.2. The van der Waals surface area contributed by atoms with E-state index in [-0.39, 0.29) is 17.6 Å². The van der Waals surface area contributed by atoms with Crippen LogP contribution in [-0.2, 0) is 4.79 Å². The van der Waals surface area contributed by atoms with E-state index in [1.807, 2.05) is 12.1 Å². The van der Waals surface area contributed by atoms with E-state index in [1.165, 1.54) is 34.4 Å². The van der Waals surface area contributed by atoms with Gasteiger partial charge in [-0.1, -0.05) is 29.4 Å².